The molecule has 1 amide bonds. The Kier molecular flexibility index (Phi) is 3.68. The van der Waals surface area contributed by atoms with Crippen LogP contribution >= 0.6 is 0 Å². The summed E-state index contributed by atoms with van der Waals surface area (Å²) in [5.74, 6) is 0.421. The molecule has 1 aromatic heterocycles. The molecule has 0 saturated carbocycles. The second kappa shape index (κ2) is 5.78. The van der Waals surface area contributed by atoms with E-state index < -0.39 is 0 Å². The minimum Gasteiger partial charge on any atom is -0.397 e. The number of carbonyl (C=O) groups excluding carboxylic acids is 1. The van der Waals surface area contributed by atoms with Gasteiger partial charge in [0.1, 0.15) is 0 Å². The summed E-state index contributed by atoms with van der Waals surface area (Å²) in [6, 6.07) is 7.13. The number of aromatic nitrogens is 2. The van der Waals surface area contributed by atoms with Gasteiger partial charge in [-0.05, 0) is 25.0 Å². The van der Waals surface area contributed by atoms with E-state index >= 15 is 0 Å². The van der Waals surface area contributed by atoms with Crippen molar-refractivity contribution in [1.82, 2.24) is 9.97 Å². The highest BCUT2D eigenvalue weighted by Gasteiger charge is 2.15. The van der Waals surface area contributed by atoms with Gasteiger partial charge < -0.3 is 16.0 Å². The summed E-state index contributed by atoms with van der Waals surface area (Å²) >= 11 is 0. The maximum absolute atomic E-state index is 12.1. The molecule has 3 rings (SSSR count). The van der Waals surface area contributed by atoms with Crippen LogP contribution in [0.5, 0.6) is 0 Å². The highest BCUT2D eigenvalue weighted by Crippen LogP contribution is 2.18. The molecule has 0 spiro atoms. The van der Waals surface area contributed by atoms with Crippen molar-refractivity contribution in [3.63, 3.8) is 0 Å². The summed E-state index contributed by atoms with van der Waals surface area (Å²) in [5, 5.41) is 2.76. The fourth-order valence-electron chi connectivity index (χ4n) is 2.32. The Morgan fingerprint density at radius 1 is 1.14 bits per heavy atom. The average molecular weight is 283 g/mol. The minimum absolute atomic E-state index is 0.263. The van der Waals surface area contributed by atoms with Crippen LogP contribution in [0.4, 0.5) is 17.3 Å². The Labute approximate surface area is 123 Å². The van der Waals surface area contributed by atoms with Crippen LogP contribution in [0, 0.1) is 0 Å². The van der Waals surface area contributed by atoms with E-state index in [-0.39, 0.29) is 5.91 Å². The Balaban J connectivity index is 1.71. The van der Waals surface area contributed by atoms with E-state index in [4.69, 9.17) is 5.73 Å². The Bertz CT molecular complexity index is 635. The predicted octanol–water partition coefficient (Wildman–Crippen LogP) is 1.91. The topological polar surface area (TPSA) is 84.1 Å². The van der Waals surface area contributed by atoms with E-state index in [1.165, 1.54) is 12.8 Å². The molecule has 0 unspecified atom stereocenters. The van der Waals surface area contributed by atoms with Crippen molar-refractivity contribution in [3.8, 4) is 0 Å². The molecule has 21 heavy (non-hydrogen) atoms. The number of para-hydroxylation sites is 2. The third-order valence-corrected chi connectivity index (χ3v) is 3.50. The lowest BCUT2D eigenvalue weighted by Gasteiger charge is -2.14. The number of hydrogen-bond donors (Lipinski definition) is 2. The summed E-state index contributed by atoms with van der Waals surface area (Å²) < 4.78 is 0. The van der Waals surface area contributed by atoms with Gasteiger partial charge in [-0.1, -0.05) is 12.1 Å². The maximum atomic E-state index is 12.1. The van der Waals surface area contributed by atoms with Crippen molar-refractivity contribution >= 4 is 23.2 Å². The summed E-state index contributed by atoms with van der Waals surface area (Å²) in [6.45, 7) is 1.96. The fourth-order valence-corrected chi connectivity index (χ4v) is 2.32. The second-order valence-corrected chi connectivity index (χ2v) is 5.01. The molecule has 0 aliphatic carbocycles. The Morgan fingerprint density at radius 2 is 1.81 bits per heavy atom. The van der Waals surface area contributed by atoms with Crippen LogP contribution in [-0.4, -0.2) is 29.0 Å². The van der Waals surface area contributed by atoms with Gasteiger partial charge in [-0.3, -0.25) is 4.79 Å². The molecule has 108 valence electrons. The number of nitrogens with zero attached hydrogens (tertiary/aromatic N) is 3. The Hall–Kier alpha value is -2.63. The fraction of sp³-hybridized carbons (Fsp3) is 0.267. The zero-order valence-corrected chi connectivity index (χ0v) is 11.6. The molecule has 1 aromatic carbocycles. The van der Waals surface area contributed by atoms with E-state index in [9.17, 15) is 4.79 Å². The summed E-state index contributed by atoms with van der Waals surface area (Å²) in [6.07, 6.45) is 5.43. The number of carbonyl (C=O) groups is 1. The molecule has 2 aromatic rings. The van der Waals surface area contributed by atoms with Crippen LogP contribution in [0.1, 0.15) is 23.2 Å². The molecular weight excluding hydrogens is 266 g/mol. The van der Waals surface area contributed by atoms with Crippen molar-refractivity contribution in [2.24, 2.45) is 0 Å². The van der Waals surface area contributed by atoms with Crippen LogP contribution in [0.2, 0.25) is 0 Å². The van der Waals surface area contributed by atoms with Gasteiger partial charge in [0.15, 0.2) is 0 Å². The van der Waals surface area contributed by atoms with Gasteiger partial charge in [-0.2, -0.15) is 0 Å². The summed E-state index contributed by atoms with van der Waals surface area (Å²) in [7, 11) is 0. The molecule has 1 fully saturated rings. The molecule has 0 atom stereocenters. The minimum atomic E-state index is -0.263. The first-order valence-corrected chi connectivity index (χ1v) is 6.97. The smallest absolute Gasteiger partial charge is 0.258 e. The number of nitrogens with two attached hydrogens (primary N) is 1. The zero-order valence-electron chi connectivity index (χ0n) is 11.6. The average Bonchev–Trinajstić information content (AvgIpc) is 3.04. The van der Waals surface area contributed by atoms with Crippen molar-refractivity contribution in [3.05, 3.63) is 42.2 Å². The first-order valence-electron chi connectivity index (χ1n) is 6.97. The number of nitrogens with one attached hydrogen (secondary N) is 1. The lowest BCUT2D eigenvalue weighted by Crippen LogP contribution is -2.21. The number of benzene rings is 1. The third kappa shape index (κ3) is 2.94. The number of nitrogen functional groups attached to an aromatic ring is 1. The van der Waals surface area contributed by atoms with Crippen molar-refractivity contribution in [1.29, 1.82) is 0 Å². The molecule has 1 aliphatic rings. The van der Waals surface area contributed by atoms with E-state index in [2.05, 4.69) is 20.2 Å². The number of anilines is 3. The zero-order chi connectivity index (χ0) is 14.7. The molecule has 1 aliphatic heterocycles. The van der Waals surface area contributed by atoms with E-state index in [1.54, 1.807) is 24.5 Å². The molecule has 1 saturated heterocycles. The maximum Gasteiger partial charge on any atom is 0.258 e. The largest absolute Gasteiger partial charge is 0.397 e. The van der Waals surface area contributed by atoms with Gasteiger partial charge in [-0.15, -0.1) is 0 Å². The number of amides is 1. The van der Waals surface area contributed by atoms with Gasteiger partial charge in [0.25, 0.3) is 5.91 Å². The molecule has 0 radical (unpaired) electrons. The van der Waals surface area contributed by atoms with E-state index in [1.807, 2.05) is 12.1 Å². The molecule has 0 bridgehead atoms. The molecule has 6 nitrogen and oxygen atoms in total. The van der Waals surface area contributed by atoms with Gasteiger partial charge in [0, 0.05) is 25.5 Å². The van der Waals surface area contributed by atoms with Crippen molar-refractivity contribution < 1.29 is 4.79 Å². The highest BCUT2D eigenvalue weighted by molar-refractivity contribution is 6.05. The van der Waals surface area contributed by atoms with Gasteiger partial charge in [0.05, 0.1) is 16.9 Å². The Morgan fingerprint density at radius 3 is 2.48 bits per heavy atom. The lowest BCUT2D eigenvalue weighted by atomic mass is 10.2. The second-order valence-electron chi connectivity index (χ2n) is 5.01. The standard InChI is InChI=1S/C15H17N5O/c16-12-5-1-2-6-13(12)19-14(21)11-9-17-15(18-10-11)20-7-3-4-8-20/h1-2,5-6,9-10H,3-4,7-8,16H2,(H,19,21). The third-order valence-electron chi connectivity index (χ3n) is 3.50. The molecule has 6 heteroatoms. The van der Waals surface area contributed by atoms with E-state index in [0.29, 0.717) is 22.9 Å². The monoisotopic (exact) mass is 283 g/mol. The van der Waals surface area contributed by atoms with Crippen LogP contribution in [0.3, 0.4) is 0 Å². The van der Waals surface area contributed by atoms with Crippen LogP contribution < -0.4 is 16.0 Å². The van der Waals surface area contributed by atoms with Crippen LogP contribution in [0.15, 0.2) is 36.7 Å². The highest BCUT2D eigenvalue weighted by atomic mass is 16.1. The van der Waals surface area contributed by atoms with Gasteiger partial charge in [0.2, 0.25) is 5.95 Å². The number of hydrogen-bond acceptors (Lipinski definition) is 5. The van der Waals surface area contributed by atoms with Crippen LogP contribution in [0.25, 0.3) is 0 Å². The summed E-state index contributed by atoms with van der Waals surface area (Å²) in [4.78, 5) is 22.8. The quantitative estimate of drug-likeness (QED) is 0.841. The predicted molar refractivity (Wildman–Crippen MR) is 82.3 cm³/mol. The van der Waals surface area contributed by atoms with Crippen LogP contribution in [-0.2, 0) is 0 Å². The first-order chi connectivity index (χ1) is 10.2. The molecule has 2 heterocycles. The summed E-state index contributed by atoms with van der Waals surface area (Å²) in [5.41, 5.74) is 7.34. The van der Waals surface area contributed by atoms with Crippen molar-refractivity contribution in [2.45, 2.75) is 12.8 Å². The van der Waals surface area contributed by atoms with E-state index in [0.717, 1.165) is 13.1 Å². The lowest BCUT2D eigenvalue weighted by molar-refractivity contribution is 0.102. The number of rotatable bonds is 3. The normalized spacial score (nSPS) is 14.2. The SMILES string of the molecule is Nc1ccccc1NC(=O)c1cnc(N2CCCC2)nc1. The van der Waals surface area contributed by atoms with Gasteiger partial charge >= 0.3 is 0 Å². The molecular formula is C15H17N5O. The first kappa shape index (κ1) is 13.4. The van der Waals surface area contributed by atoms with Crippen molar-refractivity contribution in [2.75, 3.05) is 29.0 Å². The molecule has 3 N–H and O–H groups in total. The van der Waals surface area contributed by atoms with Gasteiger partial charge in [-0.25, -0.2) is 9.97 Å².